The van der Waals surface area contributed by atoms with Gasteiger partial charge in [0, 0.05) is 36.8 Å². The number of ether oxygens (including phenoxy) is 1. The molecule has 0 aromatic carbocycles. The average molecular weight is 328 g/mol. The molecule has 0 spiro atoms. The highest BCUT2D eigenvalue weighted by atomic mass is 16.5. The van der Waals surface area contributed by atoms with Crippen molar-refractivity contribution in [2.24, 2.45) is 16.7 Å². The van der Waals surface area contributed by atoms with Gasteiger partial charge >= 0.3 is 0 Å². The van der Waals surface area contributed by atoms with E-state index in [1.54, 1.807) is 0 Å². The Bertz CT molecular complexity index is 376. The van der Waals surface area contributed by atoms with E-state index in [0.717, 1.165) is 0 Å². The molecule has 0 radical (unpaired) electrons. The standard InChI is InChI=1S/C18H36N2O3/c1-8-15(21)19-10-17(4,5)12-23-13-18(6,7)11-20-16(22)9-14(2)3/h14H,8-13H2,1-7H3,(H,19,21)(H,20,22). The number of hydrogen-bond acceptors (Lipinski definition) is 3. The zero-order chi connectivity index (χ0) is 18.1. The van der Waals surface area contributed by atoms with Gasteiger partial charge in [0.05, 0.1) is 13.2 Å². The second-order valence-corrected chi connectivity index (χ2v) is 8.33. The van der Waals surface area contributed by atoms with E-state index in [0.29, 0.717) is 45.1 Å². The molecule has 0 rings (SSSR count). The molecule has 0 aromatic rings. The van der Waals surface area contributed by atoms with Crippen LogP contribution in [0.2, 0.25) is 0 Å². The zero-order valence-electron chi connectivity index (χ0n) is 16.0. The first-order valence-electron chi connectivity index (χ1n) is 8.58. The van der Waals surface area contributed by atoms with Crippen molar-refractivity contribution in [3.8, 4) is 0 Å². The van der Waals surface area contributed by atoms with Crippen LogP contribution in [-0.2, 0) is 14.3 Å². The van der Waals surface area contributed by atoms with Crippen LogP contribution in [0.3, 0.4) is 0 Å². The molecule has 136 valence electrons. The molecule has 0 aromatic heterocycles. The van der Waals surface area contributed by atoms with E-state index in [9.17, 15) is 9.59 Å². The fourth-order valence-corrected chi connectivity index (χ4v) is 1.95. The fourth-order valence-electron chi connectivity index (χ4n) is 1.95. The highest BCUT2D eigenvalue weighted by molar-refractivity contribution is 5.76. The summed E-state index contributed by atoms with van der Waals surface area (Å²) in [7, 11) is 0. The maximum Gasteiger partial charge on any atom is 0.220 e. The smallest absolute Gasteiger partial charge is 0.220 e. The molecule has 23 heavy (non-hydrogen) atoms. The van der Waals surface area contributed by atoms with Crippen LogP contribution in [0.5, 0.6) is 0 Å². The molecule has 2 amide bonds. The summed E-state index contributed by atoms with van der Waals surface area (Å²) < 4.78 is 5.84. The quantitative estimate of drug-likeness (QED) is 0.613. The second-order valence-electron chi connectivity index (χ2n) is 8.33. The Kier molecular flexibility index (Phi) is 9.44. The molecule has 5 nitrogen and oxygen atoms in total. The summed E-state index contributed by atoms with van der Waals surface area (Å²) >= 11 is 0. The van der Waals surface area contributed by atoms with Gasteiger partial charge in [-0.15, -0.1) is 0 Å². The van der Waals surface area contributed by atoms with Crippen molar-refractivity contribution in [1.82, 2.24) is 10.6 Å². The SMILES string of the molecule is CCC(=O)NCC(C)(C)COCC(C)(C)CNC(=O)CC(C)C. The van der Waals surface area contributed by atoms with Gasteiger partial charge in [-0.25, -0.2) is 0 Å². The lowest BCUT2D eigenvalue weighted by Gasteiger charge is -2.29. The van der Waals surface area contributed by atoms with Gasteiger partial charge in [0.25, 0.3) is 0 Å². The van der Waals surface area contributed by atoms with Crippen molar-refractivity contribution in [3.63, 3.8) is 0 Å². The van der Waals surface area contributed by atoms with Crippen molar-refractivity contribution in [2.75, 3.05) is 26.3 Å². The first kappa shape index (κ1) is 21.9. The van der Waals surface area contributed by atoms with Gasteiger partial charge in [-0.05, 0) is 5.92 Å². The third-order valence-electron chi connectivity index (χ3n) is 3.43. The molecule has 0 bridgehead atoms. The van der Waals surface area contributed by atoms with Crippen LogP contribution < -0.4 is 10.6 Å². The lowest BCUT2D eigenvalue weighted by molar-refractivity contribution is -0.122. The topological polar surface area (TPSA) is 67.4 Å². The van der Waals surface area contributed by atoms with Gasteiger partial charge in [-0.2, -0.15) is 0 Å². The van der Waals surface area contributed by atoms with Crippen LogP contribution >= 0.6 is 0 Å². The molecule has 0 aliphatic rings. The van der Waals surface area contributed by atoms with Crippen molar-refractivity contribution < 1.29 is 14.3 Å². The van der Waals surface area contributed by atoms with Crippen molar-refractivity contribution >= 4 is 11.8 Å². The maximum absolute atomic E-state index is 11.7. The van der Waals surface area contributed by atoms with Crippen LogP contribution in [0.15, 0.2) is 0 Å². The maximum atomic E-state index is 11.7. The number of nitrogens with one attached hydrogen (secondary N) is 2. The zero-order valence-corrected chi connectivity index (χ0v) is 16.0. The van der Waals surface area contributed by atoms with Gasteiger partial charge in [-0.1, -0.05) is 48.5 Å². The number of hydrogen-bond donors (Lipinski definition) is 2. The molecule has 0 heterocycles. The summed E-state index contributed by atoms with van der Waals surface area (Å²) in [4.78, 5) is 23.0. The molecular formula is C18H36N2O3. The van der Waals surface area contributed by atoms with Crippen LogP contribution in [-0.4, -0.2) is 38.1 Å². The summed E-state index contributed by atoms with van der Waals surface area (Å²) in [6, 6.07) is 0. The Morgan fingerprint density at radius 1 is 0.913 bits per heavy atom. The molecule has 0 saturated heterocycles. The summed E-state index contributed by atoms with van der Waals surface area (Å²) in [5, 5.41) is 5.88. The van der Waals surface area contributed by atoms with Gasteiger partial charge in [0.2, 0.25) is 11.8 Å². The molecule has 0 atom stereocenters. The molecule has 0 fully saturated rings. The monoisotopic (exact) mass is 328 g/mol. The molecule has 0 unspecified atom stereocenters. The number of rotatable bonds is 11. The van der Waals surface area contributed by atoms with Crippen molar-refractivity contribution in [1.29, 1.82) is 0 Å². The molecular weight excluding hydrogens is 292 g/mol. The van der Waals surface area contributed by atoms with Crippen LogP contribution in [0.4, 0.5) is 0 Å². The molecule has 5 heteroatoms. The average Bonchev–Trinajstić information content (AvgIpc) is 2.41. The van der Waals surface area contributed by atoms with Gasteiger partial charge in [0.1, 0.15) is 0 Å². The van der Waals surface area contributed by atoms with E-state index in [1.165, 1.54) is 0 Å². The molecule has 2 N–H and O–H groups in total. The predicted molar refractivity (Wildman–Crippen MR) is 94.1 cm³/mol. The predicted octanol–water partition coefficient (Wildman–Crippen LogP) is 2.74. The van der Waals surface area contributed by atoms with E-state index in [2.05, 4.69) is 38.3 Å². The second kappa shape index (κ2) is 9.91. The first-order chi connectivity index (χ1) is 10.5. The van der Waals surface area contributed by atoms with E-state index in [-0.39, 0.29) is 22.6 Å². The van der Waals surface area contributed by atoms with Crippen LogP contribution in [0.1, 0.15) is 61.3 Å². The van der Waals surface area contributed by atoms with Crippen molar-refractivity contribution in [3.05, 3.63) is 0 Å². The number of amides is 2. The first-order valence-corrected chi connectivity index (χ1v) is 8.58. The van der Waals surface area contributed by atoms with Crippen LogP contribution in [0, 0.1) is 16.7 Å². The fraction of sp³-hybridized carbons (Fsp3) is 0.889. The third-order valence-corrected chi connectivity index (χ3v) is 3.43. The van der Waals surface area contributed by atoms with E-state index < -0.39 is 0 Å². The highest BCUT2D eigenvalue weighted by Crippen LogP contribution is 2.19. The van der Waals surface area contributed by atoms with Crippen LogP contribution in [0.25, 0.3) is 0 Å². The Morgan fingerprint density at radius 2 is 1.35 bits per heavy atom. The molecule has 0 aliphatic heterocycles. The van der Waals surface area contributed by atoms with E-state index in [4.69, 9.17) is 4.74 Å². The highest BCUT2D eigenvalue weighted by Gasteiger charge is 2.23. The Hall–Kier alpha value is -1.10. The minimum absolute atomic E-state index is 0.0614. The third kappa shape index (κ3) is 12.0. The summed E-state index contributed by atoms with van der Waals surface area (Å²) in [5.74, 6) is 0.524. The normalized spacial score (nSPS) is 12.3. The number of carbonyl (C=O) groups is 2. The van der Waals surface area contributed by atoms with E-state index >= 15 is 0 Å². The van der Waals surface area contributed by atoms with E-state index in [1.807, 2.05) is 20.8 Å². The Balaban J connectivity index is 4.08. The molecule has 0 aliphatic carbocycles. The minimum Gasteiger partial charge on any atom is -0.380 e. The van der Waals surface area contributed by atoms with Gasteiger partial charge in [0.15, 0.2) is 0 Å². The summed E-state index contributed by atoms with van der Waals surface area (Å²) in [5.41, 5.74) is -0.225. The van der Waals surface area contributed by atoms with Gasteiger partial charge in [-0.3, -0.25) is 9.59 Å². The largest absolute Gasteiger partial charge is 0.380 e. The minimum atomic E-state index is -0.116. The summed E-state index contributed by atoms with van der Waals surface area (Å²) in [6.07, 6.45) is 1.06. The Morgan fingerprint density at radius 3 is 1.74 bits per heavy atom. The lowest BCUT2D eigenvalue weighted by Crippen LogP contribution is -2.39. The lowest BCUT2D eigenvalue weighted by atomic mass is 9.93. The number of carbonyl (C=O) groups excluding carboxylic acids is 2. The summed E-state index contributed by atoms with van der Waals surface area (Å²) in [6.45, 7) is 16.6. The van der Waals surface area contributed by atoms with Crippen molar-refractivity contribution in [2.45, 2.75) is 61.3 Å². The molecule has 0 saturated carbocycles. The van der Waals surface area contributed by atoms with Gasteiger partial charge < -0.3 is 15.4 Å². The Labute approximate surface area is 141 Å².